The second kappa shape index (κ2) is 85.5. The molecule has 40 heteroatoms. The number of aliphatic hydroxyl groups is 2. The van der Waals surface area contributed by atoms with E-state index in [-0.39, 0.29) is 250 Å². The topological polar surface area (TPSA) is 475 Å². The van der Waals surface area contributed by atoms with Gasteiger partial charge >= 0.3 is 218 Å². The van der Waals surface area contributed by atoms with Crippen LogP contribution in [0.25, 0.3) is 6.08 Å². The molecule has 0 spiro atoms. The number of rotatable bonds is 25. The number of alkyl halides is 1. The first-order valence-corrected chi connectivity index (χ1v) is 45.7. The van der Waals surface area contributed by atoms with E-state index in [2.05, 4.69) is 67.4 Å². The molecule has 0 unspecified atom stereocenters. The van der Waals surface area contributed by atoms with Crippen molar-refractivity contribution in [2.75, 3.05) is 21.3 Å². The third kappa shape index (κ3) is 60.8. The molecular weight excluding hydrogens is 2500 g/mol. The number of carbonyl (C=O) groups excluding carboxylic acids is 4. The number of carbonyl (C=O) groups is 9. The van der Waals surface area contributed by atoms with Gasteiger partial charge in [-0.25, -0.2) is 34.3 Å². The minimum Gasteiger partial charge on any atom is -1.00 e. The Morgan fingerprint density at radius 2 is 0.734 bits per heavy atom. The standard InChI is InChI=1S/C17H16O3.C16H16O3.C15H16O2.C15H14O2.C9H10O3.C8H8O3.C7H7Br.C7H5IO4.C3H4O4.CH2O3.CH4O.BH.B.Cl2OS.2Cs.Li.U.2H/c1-13-6-5-9-15(10-11-16(18)19)17(13)20-12-14-7-3-2-4-8-14;1-12-7-6-10-14(16(17)18-2)15(12)19-11-13-8-4-3-5-9-13;2*1-12-6-5-9-14(10-16)15(12)17-11-13-7-3-2-4-8-13;1-6-4-3-5-7(8(6)10)9(11)12-2;1-5-3-2-4-6(7(5)9)8(10)11;8-6-7-4-2-1-3-5-7;9-7(10)5-3-1-2-4-6(5)8(11)12;4-2(5)1-3(6)7;2-1-4-3;1-2;;;1-4(2)3;;;;;;/h2-11H,12H2,1H3,(H,18,19);3-10H,11H2,1-2H3;2-9,16H,10-11H2,1H3;2-10H,11H2,1H3;3-5,10H,1-2H3;2-4,9H,1H3,(H,10,11);1-5H,6H2;1-4H,(H,9,10);1H2,(H,4,5)(H,6,7);1,3H;2H,1H3;1H;;;;;;;;/q;;;;;;;;;;;;;;3*+1;;2*-1/p-1/b11-10+;;;;;;;;;;;;;;;;;;;/i;;;;;;;;;;;1D;;;;;;;;. The van der Waals surface area contributed by atoms with Gasteiger partial charge in [-0.2, -0.15) is 0 Å². The van der Waals surface area contributed by atoms with Gasteiger partial charge in [-0.05, 0) is 147 Å². The van der Waals surface area contributed by atoms with E-state index >= 15 is 0 Å². The van der Waals surface area contributed by atoms with E-state index in [9.17, 15) is 59.8 Å². The van der Waals surface area contributed by atoms with Gasteiger partial charge in [0.15, 0.2) is 6.29 Å². The number of aromatic carboxylic acids is 2. The van der Waals surface area contributed by atoms with Crippen molar-refractivity contribution in [3.8, 4) is 34.5 Å². The molecule has 0 aromatic heterocycles. The second-order valence-corrected chi connectivity index (χ2v) is 31.7. The summed E-state index contributed by atoms with van der Waals surface area (Å²) < 4.78 is 67.8. The molecule has 0 heterocycles. The van der Waals surface area contributed by atoms with Crippen molar-refractivity contribution < 1.29 is 329 Å². The van der Waals surface area contributed by atoms with Crippen LogP contribution in [0, 0.1) is 76.2 Å². The number of para-hydroxylation sites is 6. The maximum atomic E-state index is 11.7. The maximum Gasteiger partial charge on any atom is 1.00 e. The van der Waals surface area contributed by atoms with E-state index < -0.39 is 71.3 Å². The van der Waals surface area contributed by atoms with E-state index in [0.717, 1.165) is 86.2 Å². The number of halogens is 4. The number of aliphatic carboxylic acids is 3. The number of ether oxygens (including phenoxy) is 6. The molecule has 0 saturated carbocycles. The van der Waals surface area contributed by atoms with Gasteiger partial charge in [-0.15, -0.1) is 0 Å². The molecule has 0 aliphatic rings. The van der Waals surface area contributed by atoms with Crippen LogP contribution in [0.2, 0.25) is 0 Å². The van der Waals surface area contributed by atoms with Crippen molar-refractivity contribution in [2.24, 2.45) is 0 Å². The van der Waals surface area contributed by atoms with Crippen molar-refractivity contribution in [1.82, 2.24) is 0 Å². The number of methoxy groups -OCH3 is 2. The average Bonchev–Trinajstić information content (AvgIpc) is 0.830. The quantitative estimate of drug-likeness (QED) is 0.00245. The van der Waals surface area contributed by atoms with Gasteiger partial charge < -0.3 is 87.4 Å². The molecule has 5 radical (unpaired) electrons. The van der Waals surface area contributed by atoms with Crippen LogP contribution in [-0.2, 0) is 87.3 Å². The van der Waals surface area contributed by atoms with Gasteiger partial charge in [-0.3, -0.25) is 19.2 Å². The third-order valence-corrected chi connectivity index (χ3v) is 19.3. The van der Waals surface area contributed by atoms with Crippen molar-refractivity contribution in [2.45, 2.75) is 86.3 Å². The molecule has 0 saturated heterocycles. The molecule has 12 rings (SSSR count). The van der Waals surface area contributed by atoms with Crippen LogP contribution >= 0.6 is 57.1 Å². The summed E-state index contributed by atoms with van der Waals surface area (Å²) in [5, 5.41) is 85.4. The van der Waals surface area contributed by atoms with E-state index in [4.69, 9.17) is 69.9 Å². The smallest absolute Gasteiger partial charge is 1.00 e. The van der Waals surface area contributed by atoms with E-state index in [0.29, 0.717) is 65.9 Å². The average molecular weight is 2600 g/mol. The van der Waals surface area contributed by atoms with Crippen molar-refractivity contribution in [3.05, 3.63) is 395 Å². The number of carboxylic acids is 5. The maximum absolute atomic E-state index is 11.7. The summed E-state index contributed by atoms with van der Waals surface area (Å²) in [5.41, 5.74) is 13.5. The fraction of sp³-hybridized carbons (Fsp3) is 0.162. The molecule has 12 aromatic rings. The largest absolute Gasteiger partial charge is 1.00 e. The molecule has 0 aliphatic heterocycles. The number of phenolic OH excluding ortho intramolecular Hbond substituents is 1. The fourth-order valence-electron chi connectivity index (χ4n) is 10.4. The molecule has 29 nitrogen and oxygen atoms in total. The first kappa shape index (κ1) is 139. The molecule has 0 fully saturated rings. The third-order valence-electron chi connectivity index (χ3n) is 16.7. The molecular formula is C99H104B2BrCl2Cs2ILiO29SU. The van der Waals surface area contributed by atoms with E-state index in [1.165, 1.54) is 56.2 Å². The first-order chi connectivity index (χ1) is 64.6. The summed E-state index contributed by atoms with van der Waals surface area (Å²) in [4.78, 5) is 95.2. The summed E-state index contributed by atoms with van der Waals surface area (Å²) in [5.74, 6) is -4.21. The Labute approximate surface area is 996 Å². The van der Waals surface area contributed by atoms with Crippen LogP contribution in [0.4, 0.5) is 0 Å². The SMILES string of the molecule is BrCc1ccccc1.CO.COC(=O)c1cccc(C)c1O.COC(=O)c1cccc(C)c1OCc1ccccc1.Cc1cccc(/C=C/C(=O)O)c1OCc1ccccc1.Cc1cccc(C(=O)O)c1O.Cc1cccc(C=O)c1OCc1ccccc1.Cc1cccc(CO)c1OCc1ccccc1.O=C(O)CC(=O)O.O=C(O)c1ccccc1I(=O)=O.O=CO[O-].O=S(Cl)Cl.[2H][B].[B].[Cs+].[Cs+].[H-].[H-].[Li+].[U]. The van der Waals surface area contributed by atoms with Crippen LogP contribution < -0.4 is 181 Å². The molecule has 9 N–H and O–H groups in total. The van der Waals surface area contributed by atoms with Crippen LogP contribution in [0.15, 0.2) is 291 Å². The summed E-state index contributed by atoms with van der Waals surface area (Å²) in [6, 6.07) is 87.5. The Bertz CT molecular complexity index is 5720. The molecule has 139 heavy (non-hydrogen) atoms. The molecule has 0 aliphatic carbocycles. The number of hydrogen-bond donors (Lipinski definition) is 9. The fourth-order valence-corrected chi connectivity index (χ4v) is 12.2. The van der Waals surface area contributed by atoms with Gasteiger partial charge in [0.1, 0.15) is 84.0 Å². The first-order valence-electron chi connectivity index (χ1n) is 39.5. The predicted octanol–water partition coefficient (Wildman–Crippen LogP) is 9.54. The second-order valence-electron chi connectivity index (χ2n) is 26.2. The number of aromatic hydroxyl groups is 2. The molecule has 0 atom stereocenters. The number of esters is 2. The van der Waals surface area contributed by atoms with Crippen LogP contribution in [0.1, 0.15) is 133 Å². The molecule has 0 amide bonds. The minimum absolute atomic E-state index is 0. The number of carboxylic acid groups (broad SMARTS) is 5. The number of aryl methyl sites for hydroxylation is 6. The zero-order valence-electron chi connectivity index (χ0n) is 81.2. The van der Waals surface area contributed by atoms with Gasteiger partial charge in [0.05, 0.1) is 35.5 Å². The Balaban J connectivity index is -0.000000235. The Morgan fingerprint density at radius 3 is 1.05 bits per heavy atom. The molecule has 0 bridgehead atoms. The number of hydrogen-bond acceptors (Lipinski definition) is 24. The van der Waals surface area contributed by atoms with Gasteiger partial charge in [-0.1, -0.05) is 265 Å². The van der Waals surface area contributed by atoms with Crippen LogP contribution in [0.3, 0.4) is 0 Å². The van der Waals surface area contributed by atoms with Gasteiger partial charge in [0, 0.05) is 98.9 Å². The summed E-state index contributed by atoms with van der Waals surface area (Å²) in [7, 11) is 14.8. The summed E-state index contributed by atoms with van der Waals surface area (Å²) >= 11 is -0.310. The summed E-state index contributed by atoms with van der Waals surface area (Å²) in [6.07, 6.45) is 2.69. The van der Waals surface area contributed by atoms with Crippen molar-refractivity contribution in [3.63, 3.8) is 0 Å². The minimum atomic E-state index is -3.67. The molecule has 721 valence electrons. The Kier molecular flexibility index (Phi) is 85.7. The zero-order chi connectivity index (χ0) is 102. The monoisotopic (exact) mass is 2600 g/mol. The number of aldehydes is 1. The van der Waals surface area contributed by atoms with Crippen molar-refractivity contribution >= 4 is 144 Å². The Hall–Kier alpha value is -8.09. The zero-order valence-corrected chi connectivity index (χ0v) is 101. The van der Waals surface area contributed by atoms with Gasteiger partial charge in [0.25, 0.3) is 6.47 Å². The normalized spacial score (nSPS) is 9.23. The number of phenols is 2. The number of aliphatic hydroxyl groups excluding tert-OH is 2. The van der Waals surface area contributed by atoms with E-state index in [1.807, 2.05) is 228 Å². The Morgan fingerprint density at radius 1 is 0.446 bits per heavy atom. The van der Waals surface area contributed by atoms with Crippen LogP contribution in [0.5, 0.6) is 34.5 Å². The predicted molar refractivity (Wildman–Crippen MR) is 528 cm³/mol. The van der Waals surface area contributed by atoms with Crippen molar-refractivity contribution in [1.29, 1.82) is 1.34 Å². The van der Waals surface area contributed by atoms with Crippen LogP contribution in [-0.4, -0.2) is 144 Å². The molecule has 12 aromatic carbocycles. The van der Waals surface area contributed by atoms with Gasteiger partial charge in [0.2, 0.25) is 9.23 Å². The summed E-state index contributed by atoms with van der Waals surface area (Å²) in [6.45, 7) is 12.9. The number of benzene rings is 12. The van der Waals surface area contributed by atoms with E-state index in [1.54, 1.807) is 56.3 Å².